The predicted octanol–water partition coefficient (Wildman–Crippen LogP) is 1.99. The van der Waals surface area contributed by atoms with Crippen LogP contribution < -0.4 is 0 Å². The van der Waals surface area contributed by atoms with Gasteiger partial charge in [-0.3, -0.25) is 4.98 Å². The monoisotopic (exact) mass is 179 g/mol. The number of hydrogen-bond acceptors (Lipinski definition) is 3. The van der Waals surface area contributed by atoms with Crippen molar-refractivity contribution in [3.8, 4) is 0 Å². The van der Waals surface area contributed by atoms with Crippen LogP contribution in [0.4, 0.5) is 0 Å². The minimum absolute atomic E-state index is 0.415. The molecule has 0 radical (unpaired) electrons. The van der Waals surface area contributed by atoms with Crippen molar-refractivity contribution < 1.29 is 0 Å². The number of rotatable bonds is 0. The summed E-state index contributed by atoms with van der Waals surface area (Å²) in [6.45, 7) is 1.88. The van der Waals surface area contributed by atoms with Crippen molar-refractivity contribution in [3.63, 3.8) is 0 Å². The number of aromatic nitrogens is 3. The van der Waals surface area contributed by atoms with E-state index < -0.39 is 0 Å². The summed E-state index contributed by atoms with van der Waals surface area (Å²) in [4.78, 5) is 12.2. The van der Waals surface area contributed by atoms with Crippen LogP contribution in [0.5, 0.6) is 0 Å². The lowest BCUT2D eigenvalue weighted by atomic mass is 10.3. The van der Waals surface area contributed by atoms with E-state index >= 15 is 0 Å². The SMILES string of the molecule is Cc1cc2nccnc2c(Cl)n1. The molecule has 0 unspecified atom stereocenters. The third-order valence-corrected chi connectivity index (χ3v) is 1.81. The number of nitrogens with zero attached hydrogens (tertiary/aromatic N) is 3. The van der Waals surface area contributed by atoms with Gasteiger partial charge in [0.1, 0.15) is 5.52 Å². The maximum absolute atomic E-state index is 5.85. The summed E-state index contributed by atoms with van der Waals surface area (Å²) in [6.07, 6.45) is 3.24. The average Bonchev–Trinajstić information content (AvgIpc) is 2.04. The number of fused-ring (bicyclic) bond motifs is 1. The van der Waals surface area contributed by atoms with Gasteiger partial charge in [0.05, 0.1) is 5.52 Å². The molecule has 0 aliphatic carbocycles. The van der Waals surface area contributed by atoms with Crippen molar-refractivity contribution in [3.05, 3.63) is 29.3 Å². The lowest BCUT2D eigenvalue weighted by Crippen LogP contribution is -1.88. The summed E-state index contributed by atoms with van der Waals surface area (Å²) in [6, 6.07) is 1.86. The van der Waals surface area contributed by atoms with Crippen molar-refractivity contribution in [2.75, 3.05) is 0 Å². The highest BCUT2D eigenvalue weighted by Gasteiger charge is 2.02. The first-order chi connectivity index (χ1) is 5.77. The molecule has 0 bridgehead atoms. The van der Waals surface area contributed by atoms with Gasteiger partial charge in [0.2, 0.25) is 0 Å². The van der Waals surface area contributed by atoms with Gasteiger partial charge in [0.15, 0.2) is 5.15 Å². The van der Waals surface area contributed by atoms with Crippen molar-refractivity contribution in [1.82, 2.24) is 15.0 Å². The van der Waals surface area contributed by atoms with Gasteiger partial charge in [0, 0.05) is 18.1 Å². The smallest absolute Gasteiger partial charge is 0.157 e. The molecule has 0 fully saturated rings. The Morgan fingerprint density at radius 3 is 2.83 bits per heavy atom. The van der Waals surface area contributed by atoms with E-state index in [1.165, 1.54) is 0 Å². The van der Waals surface area contributed by atoms with Gasteiger partial charge in [-0.1, -0.05) is 11.6 Å². The van der Waals surface area contributed by atoms with Gasteiger partial charge in [-0.15, -0.1) is 0 Å². The Hall–Kier alpha value is -1.22. The third kappa shape index (κ3) is 1.12. The second-order valence-corrected chi connectivity index (χ2v) is 2.84. The van der Waals surface area contributed by atoms with Crippen molar-refractivity contribution in [2.45, 2.75) is 6.92 Å². The van der Waals surface area contributed by atoms with E-state index in [2.05, 4.69) is 15.0 Å². The zero-order valence-corrected chi connectivity index (χ0v) is 7.21. The van der Waals surface area contributed by atoms with Crippen LogP contribution in [-0.2, 0) is 0 Å². The second-order valence-electron chi connectivity index (χ2n) is 2.48. The second kappa shape index (κ2) is 2.68. The lowest BCUT2D eigenvalue weighted by molar-refractivity contribution is 1.18. The van der Waals surface area contributed by atoms with Crippen molar-refractivity contribution >= 4 is 22.6 Å². The molecular weight excluding hydrogens is 174 g/mol. The Balaban J connectivity index is 2.89. The Bertz CT molecular complexity index is 428. The number of hydrogen-bond donors (Lipinski definition) is 0. The van der Waals surface area contributed by atoms with Gasteiger partial charge in [-0.2, -0.15) is 0 Å². The highest BCUT2D eigenvalue weighted by molar-refractivity contribution is 6.33. The van der Waals surface area contributed by atoms with Crippen molar-refractivity contribution in [2.24, 2.45) is 0 Å². The zero-order chi connectivity index (χ0) is 8.55. The molecule has 0 N–H and O–H groups in total. The first-order valence-corrected chi connectivity index (χ1v) is 3.89. The molecule has 0 saturated carbocycles. The highest BCUT2D eigenvalue weighted by Crippen LogP contribution is 2.17. The van der Waals surface area contributed by atoms with Crippen LogP contribution in [-0.4, -0.2) is 15.0 Å². The minimum atomic E-state index is 0.415. The van der Waals surface area contributed by atoms with E-state index in [0.29, 0.717) is 10.7 Å². The standard InChI is InChI=1S/C8H6ClN3/c1-5-4-6-7(8(9)12-5)11-3-2-10-6/h2-4H,1H3. The van der Waals surface area contributed by atoms with Crippen LogP contribution in [0.1, 0.15) is 5.69 Å². The van der Waals surface area contributed by atoms with E-state index in [1.54, 1.807) is 12.4 Å². The van der Waals surface area contributed by atoms with Gasteiger partial charge in [0.25, 0.3) is 0 Å². The van der Waals surface area contributed by atoms with Crippen LogP contribution in [0, 0.1) is 6.92 Å². The molecule has 2 rings (SSSR count). The number of halogens is 1. The number of pyridine rings is 1. The molecule has 0 amide bonds. The quantitative estimate of drug-likeness (QED) is 0.581. The maximum Gasteiger partial charge on any atom is 0.157 e. The molecular formula is C8H6ClN3. The molecule has 4 heteroatoms. The summed E-state index contributed by atoms with van der Waals surface area (Å²) in [7, 11) is 0. The van der Waals surface area contributed by atoms with Gasteiger partial charge in [-0.05, 0) is 13.0 Å². The third-order valence-electron chi connectivity index (χ3n) is 1.54. The van der Waals surface area contributed by atoms with Crippen LogP contribution >= 0.6 is 11.6 Å². The van der Waals surface area contributed by atoms with Gasteiger partial charge >= 0.3 is 0 Å². The van der Waals surface area contributed by atoms with Crippen LogP contribution in [0.25, 0.3) is 11.0 Å². The highest BCUT2D eigenvalue weighted by atomic mass is 35.5. The number of aryl methyl sites for hydroxylation is 1. The van der Waals surface area contributed by atoms with Gasteiger partial charge < -0.3 is 0 Å². The topological polar surface area (TPSA) is 38.7 Å². The summed E-state index contributed by atoms with van der Waals surface area (Å²) in [5, 5.41) is 0.415. The molecule has 12 heavy (non-hydrogen) atoms. The molecule has 0 spiro atoms. The van der Waals surface area contributed by atoms with Crippen LogP contribution in [0.2, 0.25) is 5.15 Å². The van der Waals surface area contributed by atoms with E-state index in [-0.39, 0.29) is 0 Å². The molecule has 0 atom stereocenters. The fraction of sp³-hybridized carbons (Fsp3) is 0.125. The van der Waals surface area contributed by atoms with Crippen LogP contribution in [0.15, 0.2) is 18.5 Å². The van der Waals surface area contributed by atoms with E-state index in [1.807, 2.05) is 13.0 Å². The normalized spacial score (nSPS) is 10.5. The Kier molecular flexibility index (Phi) is 1.66. The first-order valence-electron chi connectivity index (χ1n) is 3.51. The zero-order valence-electron chi connectivity index (χ0n) is 6.45. The van der Waals surface area contributed by atoms with E-state index in [9.17, 15) is 0 Å². The predicted molar refractivity (Wildman–Crippen MR) is 47.1 cm³/mol. The molecule has 0 aliphatic heterocycles. The Morgan fingerprint density at radius 2 is 2.00 bits per heavy atom. The first kappa shape index (κ1) is 7.43. The maximum atomic E-state index is 5.85. The average molecular weight is 180 g/mol. The molecule has 2 aromatic rings. The summed E-state index contributed by atoms with van der Waals surface area (Å²) in [5.74, 6) is 0. The summed E-state index contributed by atoms with van der Waals surface area (Å²) < 4.78 is 0. The molecule has 2 heterocycles. The van der Waals surface area contributed by atoms with Crippen molar-refractivity contribution in [1.29, 1.82) is 0 Å². The molecule has 0 aromatic carbocycles. The Labute approximate surface area is 74.4 Å². The fourth-order valence-electron chi connectivity index (χ4n) is 1.05. The lowest BCUT2D eigenvalue weighted by Gasteiger charge is -1.98. The van der Waals surface area contributed by atoms with Gasteiger partial charge in [-0.25, -0.2) is 9.97 Å². The summed E-state index contributed by atoms with van der Waals surface area (Å²) in [5.41, 5.74) is 2.30. The molecule has 60 valence electrons. The fourth-order valence-corrected chi connectivity index (χ4v) is 1.33. The molecule has 0 aliphatic rings. The largest absolute Gasteiger partial charge is 0.253 e. The molecule has 0 saturated heterocycles. The van der Waals surface area contributed by atoms with Crippen LogP contribution in [0.3, 0.4) is 0 Å². The molecule has 2 aromatic heterocycles. The molecule has 3 nitrogen and oxygen atoms in total. The minimum Gasteiger partial charge on any atom is -0.253 e. The summed E-state index contributed by atoms with van der Waals surface area (Å²) >= 11 is 5.85. The van der Waals surface area contributed by atoms with E-state index in [0.717, 1.165) is 11.2 Å². The van der Waals surface area contributed by atoms with E-state index in [4.69, 9.17) is 11.6 Å². The Morgan fingerprint density at radius 1 is 1.25 bits per heavy atom.